The molecule has 0 bridgehead atoms. The summed E-state index contributed by atoms with van der Waals surface area (Å²) in [5.74, 6) is 0.713. The topological polar surface area (TPSA) is 43.5 Å². The summed E-state index contributed by atoms with van der Waals surface area (Å²) in [6, 6.07) is 91.3. The van der Waals surface area contributed by atoms with E-state index in [-0.39, 0.29) is 0 Å². The van der Waals surface area contributed by atoms with Gasteiger partial charge in [-0.3, -0.25) is 0 Å². The van der Waals surface area contributed by atoms with Crippen LogP contribution < -0.4 is 0 Å². The molecule has 418 valence electrons. The molecule has 0 aliphatic carbocycles. The van der Waals surface area contributed by atoms with Gasteiger partial charge < -0.3 is 18.3 Å². The highest BCUT2D eigenvalue weighted by Crippen LogP contribution is 2.55. The van der Waals surface area contributed by atoms with Gasteiger partial charge in [-0.05, 0) is 89.9 Å². The summed E-state index contributed by atoms with van der Waals surface area (Å²) in [4.78, 5) is 0. The Hall–Kier alpha value is -10.2. The number of benzene rings is 12. The van der Waals surface area contributed by atoms with Crippen LogP contribution in [0.5, 0.6) is 0 Å². The highest BCUT2D eigenvalue weighted by molar-refractivity contribution is 7.27. The maximum atomic E-state index is 13.5. The van der Waals surface area contributed by atoms with E-state index in [0.717, 1.165) is 134 Å². The molecule has 0 aliphatic rings. The van der Waals surface area contributed by atoms with E-state index in [1.807, 2.05) is 22.7 Å². The number of nitriles is 1. The molecule has 5 nitrogen and oxygen atoms in total. The van der Waals surface area contributed by atoms with E-state index in [2.05, 4.69) is 289 Å². The summed E-state index contributed by atoms with van der Waals surface area (Å²) < 4.78 is 15.0. The van der Waals surface area contributed by atoms with Gasteiger partial charge in [0, 0.05) is 79.6 Å². The van der Waals surface area contributed by atoms with E-state index < -0.39 is 0 Å². The van der Waals surface area contributed by atoms with Crippen LogP contribution >= 0.6 is 22.7 Å². The van der Waals surface area contributed by atoms with Crippen molar-refractivity contribution in [3.8, 4) is 39.9 Å². The van der Waals surface area contributed by atoms with Gasteiger partial charge in [-0.2, -0.15) is 5.26 Å². The lowest BCUT2D eigenvalue weighted by molar-refractivity contribution is 0.641. The first-order chi connectivity index (χ1) is 43.3. The van der Waals surface area contributed by atoms with Crippen LogP contribution in [0.3, 0.4) is 0 Å². The van der Waals surface area contributed by atoms with Crippen molar-refractivity contribution < 1.29 is 0 Å². The van der Waals surface area contributed by atoms with E-state index in [1.165, 1.54) is 51.5 Å². The quantitative estimate of drug-likeness (QED) is 0.142. The smallest absolute Gasteiger partial charge is 0.104 e. The number of rotatable bonds is 9. The SMILES string of the molecule is CC(C)Cc1ccc(CC(C)C)c(-c2c(-n3c4ccccc4c4ccccc43)c(-n3c4ccccc4c4ccc5c6ccccc6sc5c43)c(C#N)c(-n3c4ccccc4c4ccc5c6ccccc6sc5c43)c2-n2c3ccccc3c3ccccc32)c1. The summed E-state index contributed by atoms with van der Waals surface area (Å²) in [5, 5.41) is 27.5. The highest BCUT2D eigenvalue weighted by Gasteiger charge is 2.37. The van der Waals surface area contributed by atoms with Crippen LogP contribution in [0, 0.1) is 23.2 Å². The number of nitrogens with zero attached hydrogens (tertiary/aromatic N) is 5. The monoisotopic (exact) mass is 1160 g/mol. The molecule has 0 aliphatic heterocycles. The van der Waals surface area contributed by atoms with Crippen LogP contribution in [0.2, 0.25) is 0 Å². The van der Waals surface area contributed by atoms with E-state index in [4.69, 9.17) is 0 Å². The summed E-state index contributed by atoms with van der Waals surface area (Å²) in [6.07, 6.45) is 1.73. The maximum Gasteiger partial charge on any atom is 0.104 e. The Labute approximate surface area is 516 Å². The number of aromatic nitrogens is 4. The first-order valence-electron chi connectivity index (χ1n) is 30.7. The Morgan fingerprint density at radius 1 is 0.341 bits per heavy atom. The third-order valence-corrected chi connectivity index (χ3v) is 21.0. The maximum absolute atomic E-state index is 13.5. The number of hydrogen-bond acceptors (Lipinski definition) is 3. The highest BCUT2D eigenvalue weighted by atomic mass is 32.1. The predicted octanol–water partition coefficient (Wildman–Crippen LogP) is 22.7. The van der Waals surface area contributed by atoms with E-state index in [0.29, 0.717) is 17.4 Å². The summed E-state index contributed by atoms with van der Waals surface area (Å²) in [5.41, 5.74) is 17.4. The number of hydrogen-bond donors (Lipinski definition) is 0. The molecule has 0 amide bonds. The molecule has 6 heterocycles. The van der Waals surface area contributed by atoms with Gasteiger partial charge in [0.05, 0.1) is 76.3 Å². The molecule has 88 heavy (non-hydrogen) atoms. The molecule has 12 aromatic carbocycles. The molecule has 0 unspecified atom stereocenters. The van der Waals surface area contributed by atoms with Crippen molar-refractivity contribution in [3.05, 3.63) is 253 Å². The Morgan fingerprint density at radius 2 is 0.682 bits per heavy atom. The molecule has 7 heteroatoms. The fourth-order valence-corrected chi connectivity index (χ4v) is 17.7. The molecule has 0 N–H and O–H groups in total. The van der Waals surface area contributed by atoms with Gasteiger partial charge in [0.15, 0.2) is 0 Å². The summed E-state index contributed by atoms with van der Waals surface area (Å²) in [7, 11) is 0. The largest absolute Gasteiger partial charge is 0.306 e. The molecule has 18 aromatic rings. The van der Waals surface area contributed by atoms with E-state index >= 15 is 0 Å². The first kappa shape index (κ1) is 51.0. The minimum atomic E-state index is 0.317. The zero-order valence-electron chi connectivity index (χ0n) is 49.1. The molecule has 0 atom stereocenters. The lowest BCUT2D eigenvalue weighted by Crippen LogP contribution is -2.17. The van der Waals surface area contributed by atoms with Gasteiger partial charge in [-0.25, -0.2) is 0 Å². The fourth-order valence-electron chi connectivity index (χ4n) is 15.3. The van der Waals surface area contributed by atoms with E-state index in [1.54, 1.807) is 0 Å². The van der Waals surface area contributed by atoms with Gasteiger partial charge in [0.1, 0.15) is 11.6 Å². The van der Waals surface area contributed by atoms with Crippen molar-refractivity contribution in [2.45, 2.75) is 40.5 Å². The van der Waals surface area contributed by atoms with Crippen LogP contribution in [0.4, 0.5) is 0 Å². The minimum Gasteiger partial charge on any atom is -0.306 e. The fraction of sp³-hybridized carbons (Fsp3) is 0.0988. The van der Waals surface area contributed by atoms with Crippen LogP contribution in [0.15, 0.2) is 237 Å². The van der Waals surface area contributed by atoms with Crippen molar-refractivity contribution in [2.24, 2.45) is 11.8 Å². The first-order valence-corrected chi connectivity index (χ1v) is 32.4. The van der Waals surface area contributed by atoms with Crippen molar-refractivity contribution in [2.75, 3.05) is 0 Å². The van der Waals surface area contributed by atoms with Gasteiger partial charge in [0.2, 0.25) is 0 Å². The molecule has 0 fully saturated rings. The summed E-state index contributed by atoms with van der Waals surface area (Å²) >= 11 is 3.70. The number of fused-ring (bicyclic) bond motifs is 20. The van der Waals surface area contributed by atoms with Crippen LogP contribution in [0.1, 0.15) is 44.4 Å². The Balaban J connectivity index is 1.22. The zero-order chi connectivity index (χ0) is 58.6. The van der Waals surface area contributed by atoms with Crippen molar-refractivity contribution >= 4 is 150 Å². The zero-order valence-corrected chi connectivity index (χ0v) is 50.8. The second-order valence-corrected chi connectivity index (χ2v) is 26.9. The molecular weight excluding hydrogens is 1110 g/mol. The Kier molecular flexibility index (Phi) is 11.2. The second-order valence-electron chi connectivity index (χ2n) is 24.8. The van der Waals surface area contributed by atoms with Gasteiger partial charge in [-0.15, -0.1) is 22.7 Å². The average Bonchev–Trinajstić information content (AvgIpc) is 1.39. The molecular formula is C81H57N5S2. The van der Waals surface area contributed by atoms with Gasteiger partial charge >= 0.3 is 0 Å². The third kappa shape index (κ3) is 7.19. The Morgan fingerprint density at radius 3 is 1.07 bits per heavy atom. The van der Waals surface area contributed by atoms with Crippen molar-refractivity contribution in [1.29, 1.82) is 5.26 Å². The third-order valence-electron chi connectivity index (χ3n) is 18.6. The van der Waals surface area contributed by atoms with E-state index in [9.17, 15) is 5.26 Å². The lowest BCUT2D eigenvalue weighted by atomic mass is 9.86. The predicted molar refractivity (Wildman–Crippen MR) is 377 cm³/mol. The van der Waals surface area contributed by atoms with Gasteiger partial charge in [0.25, 0.3) is 0 Å². The second kappa shape index (κ2) is 19.4. The molecule has 6 aromatic heterocycles. The lowest BCUT2D eigenvalue weighted by Gasteiger charge is -2.30. The molecule has 0 saturated heterocycles. The van der Waals surface area contributed by atoms with Crippen LogP contribution in [-0.4, -0.2) is 18.3 Å². The standard InChI is InChI=1S/C81H57N5S2/c1-47(2)43-49-37-38-50(44-48(3)4)63(45-49)73-78(83-65-29-13-5-21-51(65)52-22-6-14-30-66(52)83)74(85-69-33-17-9-25-55(69)59-39-41-61-57-27-11-19-35-71(57)87-80(61)76(59)85)64(46-82)75(79(73)84-67-31-15-7-23-53(67)54-24-8-16-32-68(54)84)86-70-34-18-10-26-56(70)60-40-42-62-58-28-12-20-36-72(58)88-81(62)77(60)86/h5-42,45,47-48H,43-44H2,1-4H3. The average molecular weight is 1160 g/mol. The number of para-hydroxylation sites is 6. The van der Waals surface area contributed by atoms with Crippen LogP contribution in [-0.2, 0) is 12.8 Å². The van der Waals surface area contributed by atoms with Crippen molar-refractivity contribution in [3.63, 3.8) is 0 Å². The molecule has 0 radical (unpaired) electrons. The molecule has 18 rings (SSSR count). The van der Waals surface area contributed by atoms with Gasteiger partial charge in [-0.1, -0.05) is 216 Å². The normalized spacial score (nSPS) is 12.4. The minimum absolute atomic E-state index is 0.317. The Bertz CT molecular complexity index is 5610. The summed E-state index contributed by atoms with van der Waals surface area (Å²) in [6.45, 7) is 9.37. The van der Waals surface area contributed by atoms with Crippen molar-refractivity contribution in [1.82, 2.24) is 18.3 Å². The number of thiophene rings is 2. The molecule has 0 spiro atoms. The van der Waals surface area contributed by atoms with Crippen LogP contribution in [0.25, 0.3) is 161 Å². The molecule has 0 saturated carbocycles.